The summed E-state index contributed by atoms with van der Waals surface area (Å²) in [4.78, 5) is 17.5. The van der Waals surface area contributed by atoms with E-state index in [0.29, 0.717) is 11.6 Å². The van der Waals surface area contributed by atoms with E-state index < -0.39 is 0 Å². The van der Waals surface area contributed by atoms with Crippen LogP contribution in [0.5, 0.6) is 0 Å². The Morgan fingerprint density at radius 2 is 1.93 bits per heavy atom. The zero-order valence-electron chi connectivity index (χ0n) is 17.3. The minimum Gasteiger partial charge on any atom is -0.393 e. The summed E-state index contributed by atoms with van der Waals surface area (Å²) in [6.07, 6.45) is 5.71. The monoisotopic (exact) mass is 409 g/mol. The lowest BCUT2D eigenvalue weighted by Crippen LogP contribution is -3.14. The van der Waals surface area contributed by atoms with Gasteiger partial charge in [0.2, 0.25) is 5.82 Å². The Labute approximate surface area is 174 Å². The first-order valence-corrected chi connectivity index (χ1v) is 11.0. The van der Waals surface area contributed by atoms with Crippen molar-refractivity contribution in [3.05, 3.63) is 51.6 Å². The number of nitrogens with one attached hydrogen (secondary N) is 2. The number of aliphatic hydroxyl groups is 1. The molecule has 1 aromatic carbocycles. The van der Waals surface area contributed by atoms with Gasteiger partial charge in [-0.1, -0.05) is 25.0 Å². The number of aromatic nitrogens is 5. The summed E-state index contributed by atoms with van der Waals surface area (Å²) in [6.45, 7) is 3.59. The largest absolute Gasteiger partial charge is 0.393 e. The van der Waals surface area contributed by atoms with Gasteiger partial charge in [-0.25, -0.2) is 4.68 Å². The van der Waals surface area contributed by atoms with E-state index in [1.165, 1.54) is 17.7 Å². The Morgan fingerprint density at radius 3 is 2.70 bits per heavy atom. The van der Waals surface area contributed by atoms with E-state index in [1.807, 2.05) is 23.7 Å². The second kappa shape index (κ2) is 7.92. The van der Waals surface area contributed by atoms with Gasteiger partial charge in [-0.15, -0.1) is 5.10 Å². The molecule has 1 saturated carbocycles. The molecule has 3 heterocycles. The molecule has 2 fully saturated rings. The number of aliphatic hydroxyl groups excluding tert-OH is 1. The van der Waals surface area contributed by atoms with Crippen LogP contribution >= 0.6 is 0 Å². The number of hydrogen-bond acceptors (Lipinski definition) is 5. The Bertz CT molecular complexity index is 1090. The molecule has 0 unspecified atom stereocenters. The highest BCUT2D eigenvalue weighted by Gasteiger charge is 2.37. The zero-order valence-corrected chi connectivity index (χ0v) is 17.3. The summed E-state index contributed by atoms with van der Waals surface area (Å²) in [5.41, 5.74) is 2.58. The Kier molecular flexibility index (Phi) is 5.12. The second-order valence-corrected chi connectivity index (χ2v) is 8.89. The highest BCUT2D eigenvalue weighted by molar-refractivity contribution is 5.79. The van der Waals surface area contributed by atoms with Crippen molar-refractivity contribution in [2.24, 2.45) is 0 Å². The summed E-state index contributed by atoms with van der Waals surface area (Å²) in [5, 5.41) is 23.8. The zero-order chi connectivity index (χ0) is 20.7. The SMILES string of the molecule is Cc1ccc2cc([C@@H](c3nnnn3C3CCCC3)[NH+]3CCC(O)CC3)c(=O)[nH]c2c1. The van der Waals surface area contributed by atoms with Gasteiger partial charge in [0.05, 0.1) is 30.8 Å². The normalized spacial score (nSPS) is 23.8. The number of rotatable bonds is 4. The average Bonchev–Trinajstić information content (AvgIpc) is 3.42. The number of likely N-dealkylation sites (tertiary alicyclic amines) is 1. The van der Waals surface area contributed by atoms with Crippen molar-refractivity contribution in [1.29, 1.82) is 0 Å². The molecule has 0 radical (unpaired) electrons. The van der Waals surface area contributed by atoms with Gasteiger partial charge in [0.25, 0.3) is 5.56 Å². The van der Waals surface area contributed by atoms with Gasteiger partial charge in [0, 0.05) is 18.4 Å². The highest BCUT2D eigenvalue weighted by atomic mass is 16.3. The van der Waals surface area contributed by atoms with Crippen LogP contribution in [-0.2, 0) is 0 Å². The molecule has 1 atom stereocenters. The fraction of sp³-hybridized carbons (Fsp3) is 0.545. The van der Waals surface area contributed by atoms with Crippen molar-refractivity contribution >= 4 is 10.9 Å². The number of piperidine rings is 1. The van der Waals surface area contributed by atoms with Crippen molar-refractivity contribution in [3.8, 4) is 0 Å². The summed E-state index contributed by atoms with van der Waals surface area (Å²) < 4.78 is 1.97. The topological polar surface area (TPSA) is 101 Å². The molecule has 0 bridgehead atoms. The molecule has 1 saturated heterocycles. The average molecular weight is 410 g/mol. The molecule has 30 heavy (non-hydrogen) atoms. The lowest BCUT2D eigenvalue weighted by Gasteiger charge is -2.32. The van der Waals surface area contributed by atoms with Crippen LogP contribution in [0, 0.1) is 6.92 Å². The van der Waals surface area contributed by atoms with Crippen molar-refractivity contribution in [1.82, 2.24) is 25.2 Å². The molecule has 8 heteroatoms. The van der Waals surface area contributed by atoms with E-state index >= 15 is 0 Å². The minimum atomic E-state index is -0.266. The van der Waals surface area contributed by atoms with E-state index in [0.717, 1.165) is 61.1 Å². The van der Waals surface area contributed by atoms with E-state index in [9.17, 15) is 9.90 Å². The molecule has 5 rings (SSSR count). The molecule has 0 spiro atoms. The summed E-state index contributed by atoms with van der Waals surface area (Å²) in [5.74, 6) is 0.769. The van der Waals surface area contributed by atoms with Crippen LogP contribution in [0.15, 0.2) is 29.1 Å². The number of H-pyrrole nitrogens is 1. The van der Waals surface area contributed by atoms with Gasteiger partial charge in [-0.2, -0.15) is 0 Å². The Balaban J connectivity index is 1.63. The quantitative estimate of drug-likeness (QED) is 0.598. The number of aromatic amines is 1. The molecular formula is C22H29N6O2+. The smallest absolute Gasteiger partial charge is 0.258 e. The fourth-order valence-electron chi connectivity index (χ4n) is 5.15. The Morgan fingerprint density at radius 1 is 1.17 bits per heavy atom. The third kappa shape index (κ3) is 3.54. The maximum Gasteiger partial charge on any atom is 0.258 e. The number of pyridine rings is 1. The van der Waals surface area contributed by atoms with E-state index in [4.69, 9.17) is 0 Å². The van der Waals surface area contributed by atoms with Gasteiger partial charge in [0.15, 0.2) is 6.04 Å². The predicted molar refractivity (Wildman–Crippen MR) is 112 cm³/mol. The fourth-order valence-corrected chi connectivity index (χ4v) is 5.15. The van der Waals surface area contributed by atoms with Crippen LogP contribution in [0.25, 0.3) is 10.9 Å². The van der Waals surface area contributed by atoms with Crippen LogP contribution < -0.4 is 10.5 Å². The van der Waals surface area contributed by atoms with E-state index in [2.05, 4.69) is 32.6 Å². The third-order valence-electron chi connectivity index (χ3n) is 6.79. The lowest BCUT2D eigenvalue weighted by molar-refractivity contribution is -0.932. The number of benzene rings is 1. The van der Waals surface area contributed by atoms with Crippen molar-refractivity contribution in [3.63, 3.8) is 0 Å². The van der Waals surface area contributed by atoms with Crippen LogP contribution in [0.2, 0.25) is 0 Å². The van der Waals surface area contributed by atoms with Crippen LogP contribution in [-0.4, -0.2) is 49.5 Å². The number of fused-ring (bicyclic) bond motifs is 1. The van der Waals surface area contributed by atoms with Gasteiger partial charge < -0.3 is 15.0 Å². The number of hydrogen-bond donors (Lipinski definition) is 3. The summed E-state index contributed by atoms with van der Waals surface area (Å²) >= 11 is 0. The van der Waals surface area contributed by atoms with Crippen LogP contribution in [0.4, 0.5) is 0 Å². The summed E-state index contributed by atoms with van der Waals surface area (Å²) in [7, 11) is 0. The Hall–Kier alpha value is -2.58. The van der Waals surface area contributed by atoms with Crippen molar-refractivity contribution in [2.75, 3.05) is 13.1 Å². The number of tetrazole rings is 1. The molecule has 2 aromatic heterocycles. The molecule has 2 aliphatic rings. The predicted octanol–water partition coefficient (Wildman–Crippen LogP) is 1.07. The molecule has 1 aliphatic carbocycles. The van der Waals surface area contributed by atoms with Crippen LogP contribution in [0.1, 0.15) is 67.6 Å². The molecule has 8 nitrogen and oxygen atoms in total. The number of aryl methyl sites for hydroxylation is 1. The highest BCUT2D eigenvalue weighted by Crippen LogP contribution is 2.31. The second-order valence-electron chi connectivity index (χ2n) is 8.89. The van der Waals surface area contributed by atoms with Gasteiger partial charge >= 0.3 is 0 Å². The maximum atomic E-state index is 13.2. The summed E-state index contributed by atoms with van der Waals surface area (Å²) in [6, 6.07) is 8.17. The van der Waals surface area contributed by atoms with Gasteiger partial charge in [-0.05, 0) is 53.3 Å². The maximum absolute atomic E-state index is 13.2. The molecule has 3 aromatic rings. The number of quaternary nitrogens is 1. The first-order chi connectivity index (χ1) is 14.6. The molecule has 3 N–H and O–H groups in total. The van der Waals surface area contributed by atoms with Gasteiger partial charge in [-0.3, -0.25) is 4.79 Å². The molecule has 0 amide bonds. The first-order valence-electron chi connectivity index (χ1n) is 11.0. The molecule has 1 aliphatic heterocycles. The molecule has 158 valence electrons. The first kappa shape index (κ1) is 19.4. The standard InChI is InChI=1S/C22H28N6O2/c1-14-6-7-15-13-18(22(30)23-19(15)12-14)20(27-10-8-17(29)9-11-27)21-24-25-26-28(21)16-4-2-3-5-16/h6-7,12-13,16-17,20,29H,2-5,8-11H2,1H3,(H,23,30)/p+1/t20-/m0/s1. The van der Waals surface area contributed by atoms with Crippen molar-refractivity contribution in [2.45, 2.75) is 63.6 Å². The molecular weight excluding hydrogens is 380 g/mol. The van der Waals surface area contributed by atoms with Gasteiger partial charge in [0.1, 0.15) is 0 Å². The van der Waals surface area contributed by atoms with Crippen LogP contribution in [0.3, 0.4) is 0 Å². The third-order valence-corrected chi connectivity index (χ3v) is 6.79. The minimum absolute atomic E-state index is 0.0855. The van der Waals surface area contributed by atoms with E-state index in [-0.39, 0.29) is 17.7 Å². The lowest BCUT2D eigenvalue weighted by atomic mass is 9.99. The number of nitrogens with zero attached hydrogens (tertiary/aromatic N) is 4. The van der Waals surface area contributed by atoms with E-state index in [1.54, 1.807) is 0 Å². The van der Waals surface area contributed by atoms with Crippen molar-refractivity contribution < 1.29 is 10.0 Å².